The molecule has 1 N–H and O–H groups in total. The van der Waals surface area contributed by atoms with E-state index in [-0.39, 0.29) is 11.3 Å². The molecule has 4 heteroatoms. The Hall–Kier alpha value is -1.47. The average Bonchev–Trinajstić information content (AvgIpc) is 2.09. The lowest BCUT2D eigenvalue weighted by Crippen LogP contribution is -1.81. The second-order valence-corrected chi connectivity index (χ2v) is 2.89. The molecule has 0 aliphatic heterocycles. The zero-order valence-electron chi connectivity index (χ0n) is 6.02. The number of nitriles is 1. The quantitative estimate of drug-likeness (QED) is 0.427. The fourth-order valence-corrected chi connectivity index (χ4v) is 1.17. The molecule has 3 nitrogen and oxygen atoms in total. The zero-order chi connectivity index (χ0) is 8.97. The minimum Gasteiger partial charge on any atom is -0.507 e. The average molecular weight is 179 g/mol. The zero-order valence-corrected chi connectivity index (χ0v) is 6.84. The highest BCUT2D eigenvalue weighted by atomic mass is 32.2. The first kappa shape index (κ1) is 8.62. The van der Waals surface area contributed by atoms with E-state index in [9.17, 15) is 4.79 Å². The molecule has 1 aromatic carbocycles. The van der Waals surface area contributed by atoms with Crippen molar-refractivity contribution in [1.82, 2.24) is 0 Å². The summed E-state index contributed by atoms with van der Waals surface area (Å²) in [6, 6.07) is 4.44. The lowest BCUT2D eigenvalue weighted by atomic mass is 10.2. The number of thiocyanates is 1. The van der Waals surface area contributed by atoms with Crippen LogP contribution in [0.25, 0.3) is 0 Å². The topological polar surface area (TPSA) is 61.1 Å². The number of carbonyl (C=O) groups is 1. The fraction of sp³-hybridized carbons (Fsp3) is 0. The molecule has 1 aromatic rings. The van der Waals surface area contributed by atoms with Crippen molar-refractivity contribution < 1.29 is 9.90 Å². The second-order valence-electron chi connectivity index (χ2n) is 2.03. The van der Waals surface area contributed by atoms with Crippen molar-refractivity contribution >= 4 is 18.0 Å². The Labute approximate surface area is 73.6 Å². The molecule has 0 heterocycles. The van der Waals surface area contributed by atoms with Gasteiger partial charge in [0.25, 0.3) is 0 Å². The molecule has 0 amide bonds. The predicted octanol–water partition coefficient (Wildman–Crippen LogP) is 1.78. The normalized spacial score (nSPS) is 8.92. The summed E-state index contributed by atoms with van der Waals surface area (Å²) < 4.78 is 0. The van der Waals surface area contributed by atoms with Gasteiger partial charge in [0.05, 0.1) is 5.56 Å². The van der Waals surface area contributed by atoms with Crippen LogP contribution in [0.15, 0.2) is 23.1 Å². The molecule has 60 valence electrons. The third-order valence-corrected chi connectivity index (χ3v) is 1.87. The highest BCUT2D eigenvalue weighted by molar-refractivity contribution is 8.03. The van der Waals surface area contributed by atoms with Crippen LogP contribution in [0, 0.1) is 10.7 Å². The number of rotatable bonds is 2. The number of aromatic hydroxyl groups is 1. The third kappa shape index (κ3) is 1.77. The number of hydrogen-bond acceptors (Lipinski definition) is 4. The first-order valence-corrected chi connectivity index (χ1v) is 3.93. The number of thioether (sulfide) groups is 1. The van der Waals surface area contributed by atoms with Gasteiger partial charge in [-0.05, 0) is 30.0 Å². The maximum absolute atomic E-state index is 10.3. The van der Waals surface area contributed by atoms with Crippen LogP contribution in [0.5, 0.6) is 5.75 Å². The molecule has 1 rings (SSSR count). The molecule has 0 saturated carbocycles. The minimum absolute atomic E-state index is 0.0627. The van der Waals surface area contributed by atoms with Gasteiger partial charge in [-0.2, -0.15) is 5.26 Å². The van der Waals surface area contributed by atoms with Crippen LogP contribution < -0.4 is 0 Å². The number of phenolic OH excluding ortho intramolecular Hbond substituents is 1. The van der Waals surface area contributed by atoms with Gasteiger partial charge in [0.1, 0.15) is 11.2 Å². The standard InChI is InChI=1S/C8H5NO2S/c9-5-12-7-1-2-8(11)6(3-7)4-10/h1-4,11H. The van der Waals surface area contributed by atoms with E-state index < -0.39 is 0 Å². The van der Waals surface area contributed by atoms with Gasteiger partial charge in [-0.25, -0.2) is 0 Å². The Morgan fingerprint density at radius 2 is 2.33 bits per heavy atom. The molecule has 0 bridgehead atoms. The molecule has 0 radical (unpaired) electrons. The van der Waals surface area contributed by atoms with Gasteiger partial charge in [-0.3, -0.25) is 4.79 Å². The molecule has 0 fully saturated rings. The Kier molecular flexibility index (Phi) is 2.72. The molecule has 12 heavy (non-hydrogen) atoms. The van der Waals surface area contributed by atoms with Crippen LogP contribution in [0.3, 0.4) is 0 Å². The van der Waals surface area contributed by atoms with Gasteiger partial charge in [0.2, 0.25) is 0 Å². The van der Waals surface area contributed by atoms with Crippen molar-refractivity contribution in [1.29, 1.82) is 5.26 Å². The number of hydrogen-bond donors (Lipinski definition) is 1. The first-order chi connectivity index (χ1) is 5.77. The van der Waals surface area contributed by atoms with Crippen molar-refractivity contribution in [2.45, 2.75) is 4.90 Å². The van der Waals surface area contributed by atoms with Gasteiger partial charge < -0.3 is 5.11 Å². The summed E-state index contributed by atoms with van der Waals surface area (Å²) in [5.74, 6) is -0.0627. The summed E-state index contributed by atoms with van der Waals surface area (Å²) in [5, 5.41) is 19.3. The van der Waals surface area contributed by atoms with Crippen LogP contribution in [0.1, 0.15) is 10.4 Å². The van der Waals surface area contributed by atoms with E-state index in [0.29, 0.717) is 11.2 Å². The molecule has 0 aliphatic carbocycles. The van der Waals surface area contributed by atoms with Gasteiger partial charge in [0, 0.05) is 4.90 Å². The largest absolute Gasteiger partial charge is 0.507 e. The third-order valence-electron chi connectivity index (χ3n) is 1.29. The molecule has 0 aromatic heterocycles. The Bertz CT molecular complexity index is 343. The molecule has 0 atom stereocenters. The highest BCUT2D eigenvalue weighted by Crippen LogP contribution is 2.23. The van der Waals surface area contributed by atoms with Gasteiger partial charge in [0.15, 0.2) is 6.29 Å². The van der Waals surface area contributed by atoms with E-state index in [4.69, 9.17) is 10.4 Å². The van der Waals surface area contributed by atoms with Crippen LogP contribution in [-0.2, 0) is 0 Å². The number of phenols is 1. The van der Waals surface area contributed by atoms with Gasteiger partial charge in [-0.1, -0.05) is 0 Å². The number of benzene rings is 1. The van der Waals surface area contributed by atoms with Gasteiger partial charge >= 0.3 is 0 Å². The van der Waals surface area contributed by atoms with E-state index >= 15 is 0 Å². The summed E-state index contributed by atoms with van der Waals surface area (Å²) in [6.45, 7) is 0. The van der Waals surface area contributed by atoms with E-state index in [1.165, 1.54) is 12.1 Å². The minimum atomic E-state index is -0.0627. The van der Waals surface area contributed by atoms with E-state index in [1.807, 2.05) is 5.40 Å². The van der Waals surface area contributed by atoms with E-state index in [1.54, 1.807) is 6.07 Å². The smallest absolute Gasteiger partial charge is 0.153 e. The molecule has 0 spiro atoms. The summed E-state index contributed by atoms with van der Waals surface area (Å²) in [6.07, 6.45) is 0.552. The Balaban J connectivity index is 3.06. The van der Waals surface area contributed by atoms with Crippen molar-refractivity contribution in [2.75, 3.05) is 0 Å². The van der Waals surface area contributed by atoms with Crippen LogP contribution in [0.2, 0.25) is 0 Å². The molecule has 0 unspecified atom stereocenters. The SMILES string of the molecule is N#CSc1ccc(O)c(C=O)c1. The number of nitrogens with zero attached hydrogens (tertiary/aromatic N) is 1. The molecule has 0 aliphatic rings. The Morgan fingerprint density at radius 3 is 2.92 bits per heavy atom. The van der Waals surface area contributed by atoms with Crippen molar-refractivity contribution in [3.63, 3.8) is 0 Å². The number of carbonyl (C=O) groups excluding carboxylic acids is 1. The summed E-state index contributed by atoms with van der Waals surface area (Å²) in [7, 11) is 0. The molecular weight excluding hydrogens is 174 g/mol. The Morgan fingerprint density at radius 1 is 1.58 bits per heavy atom. The predicted molar refractivity (Wildman–Crippen MR) is 45.0 cm³/mol. The van der Waals surface area contributed by atoms with Crippen LogP contribution in [0.4, 0.5) is 0 Å². The second kappa shape index (κ2) is 3.79. The fourth-order valence-electron chi connectivity index (χ4n) is 0.743. The van der Waals surface area contributed by atoms with Crippen LogP contribution >= 0.6 is 11.8 Å². The van der Waals surface area contributed by atoms with Crippen LogP contribution in [-0.4, -0.2) is 11.4 Å². The molecular formula is C8H5NO2S. The molecule has 0 saturated heterocycles. The first-order valence-electron chi connectivity index (χ1n) is 3.12. The summed E-state index contributed by atoms with van der Waals surface area (Å²) in [5.41, 5.74) is 0.204. The van der Waals surface area contributed by atoms with Gasteiger partial charge in [-0.15, -0.1) is 0 Å². The number of aldehydes is 1. The summed E-state index contributed by atoms with van der Waals surface area (Å²) in [4.78, 5) is 11.0. The van der Waals surface area contributed by atoms with Crippen molar-refractivity contribution in [2.24, 2.45) is 0 Å². The lowest BCUT2D eigenvalue weighted by Gasteiger charge is -1.97. The maximum atomic E-state index is 10.3. The monoisotopic (exact) mass is 179 g/mol. The van der Waals surface area contributed by atoms with Crippen molar-refractivity contribution in [3.8, 4) is 11.2 Å². The lowest BCUT2D eigenvalue weighted by molar-refractivity contribution is 0.112. The van der Waals surface area contributed by atoms with E-state index in [2.05, 4.69) is 0 Å². The van der Waals surface area contributed by atoms with Crippen molar-refractivity contribution in [3.05, 3.63) is 23.8 Å². The maximum Gasteiger partial charge on any atom is 0.153 e. The summed E-state index contributed by atoms with van der Waals surface area (Å²) >= 11 is 0.949. The highest BCUT2D eigenvalue weighted by Gasteiger charge is 2.00. The van der Waals surface area contributed by atoms with E-state index in [0.717, 1.165) is 11.8 Å².